The number of hydrogen-bond acceptors (Lipinski definition) is 9. The van der Waals surface area contributed by atoms with Crippen LogP contribution >= 0.6 is 0 Å². The van der Waals surface area contributed by atoms with Gasteiger partial charge < -0.3 is 23.9 Å². The Morgan fingerprint density at radius 1 is 1.00 bits per heavy atom. The maximum absolute atomic E-state index is 11.7. The Morgan fingerprint density at radius 3 is 2.33 bits per heavy atom. The maximum atomic E-state index is 11.7. The first-order valence-electron chi connectivity index (χ1n) is 9.84. The van der Waals surface area contributed by atoms with Crippen LogP contribution in [0.15, 0.2) is 42.6 Å². The number of hydrogen-bond donors (Lipinski definition) is 0. The Labute approximate surface area is 190 Å². The van der Waals surface area contributed by atoms with Gasteiger partial charge >= 0.3 is 0 Å². The van der Waals surface area contributed by atoms with Crippen molar-refractivity contribution in [1.29, 1.82) is 0 Å². The third kappa shape index (κ3) is 4.51. The van der Waals surface area contributed by atoms with Crippen LogP contribution in [0.4, 0.5) is 5.82 Å². The van der Waals surface area contributed by atoms with Gasteiger partial charge in [0.25, 0.3) is 0 Å². The van der Waals surface area contributed by atoms with Crippen LogP contribution in [0.25, 0.3) is 33.2 Å². The van der Waals surface area contributed by atoms with E-state index >= 15 is 0 Å². The summed E-state index contributed by atoms with van der Waals surface area (Å²) >= 11 is 0. The second-order valence-electron chi connectivity index (χ2n) is 6.78. The number of nitrogens with zero attached hydrogens (tertiary/aromatic N) is 6. The molecule has 11 nitrogen and oxygen atoms in total. The number of imidazole rings is 1. The summed E-state index contributed by atoms with van der Waals surface area (Å²) in [4.78, 5) is 17.9. The van der Waals surface area contributed by atoms with E-state index in [2.05, 4.69) is 24.7 Å². The minimum atomic E-state index is -3.69. The van der Waals surface area contributed by atoms with Gasteiger partial charge in [0.15, 0.2) is 21.5 Å². The molecule has 0 spiro atoms. The van der Waals surface area contributed by atoms with E-state index in [4.69, 9.17) is 14.2 Å². The topological polar surface area (TPSA) is 132 Å². The Bertz CT molecular complexity index is 1400. The van der Waals surface area contributed by atoms with E-state index in [0.29, 0.717) is 41.2 Å². The summed E-state index contributed by atoms with van der Waals surface area (Å²) in [6.07, 6.45) is 2.22. The van der Waals surface area contributed by atoms with Gasteiger partial charge in [-0.3, -0.25) is 4.57 Å². The predicted octanol–water partition coefficient (Wildman–Crippen LogP) is 3.26. The molecule has 4 aromatic rings. The molecule has 4 rings (SSSR count). The summed E-state index contributed by atoms with van der Waals surface area (Å²) in [6.45, 7) is 2.32. The third-order valence-electron chi connectivity index (χ3n) is 4.49. The molecule has 3 aromatic heterocycles. The number of ether oxygens (including phenoxy) is 3. The highest BCUT2D eigenvalue weighted by molar-refractivity contribution is 7.93. The van der Waals surface area contributed by atoms with Gasteiger partial charge in [0.1, 0.15) is 22.9 Å². The van der Waals surface area contributed by atoms with Crippen LogP contribution in [0, 0.1) is 0 Å². The highest BCUT2D eigenvalue weighted by atomic mass is 32.2. The minimum Gasteiger partial charge on any atom is -0.494 e. The number of rotatable bonds is 8. The fraction of sp³-hybridized carbons (Fsp3) is 0.238. The van der Waals surface area contributed by atoms with Crippen molar-refractivity contribution in [3.8, 4) is 34.6 Å². The quantitative estimate of drug-likeness (QED) is 0.381. The number of para-hydroxylation sites is 1. The number of pyridine rings is 1. The lowest BCUT2D eigenvalue weighted by molar-refractivity contribution is 0.327. The number of methoxy groups -OCH3 is 2. The maximum Gasteiger partial charge on any atom is 0.213 e. The first-order valence-corrected chi connectivity index (χ1v) is 11.7. The minimum absolute atomic E-state index is 0.0809. The molecule has 0 aliphatic heterocycles. The molecule has 172 valence electrons. The van der Waals surface area contributed by atoms with Crippen molar-refractivity contribution in [1.82, 2.24) is 24.5 Å². The van der Waals surface area contributed by atoms with Gasteiger partial charge in [-0.2, -0.15) is 0 Å². The summed E-state index contributed by atoms with van der Waals surface area (Å²) in [5.74, 6) is 1.67. The van der Waals surface area contributed by atoms with Crippen LogP contribution in [-0.4, -0.2) is 60.0 Å². The molecule has 0 bridgehead atoms. The van der Waals surface area contributed by atoms with Gasteiger partial charge in [-0.1, -0.05) is 12.1 Å². The van der Waals surface area contributed by atoms with Crippen LogP contribution in [0.1, 0.15) is 6.92 Å². The summed E-state index contributed by atoms with van der Waals surface area (Å²) < 4.78 is 45.4. The number of benzene rings is 1. The van der Waals surface area contributed by atoms with Gasteiger partial charge in [-0.25, -0.2) is 23.4 Å². The molecule has 0 fully saturated rings. The van der Waals surface area contributed by atoms with Crippen molar-refractivity contribution in [2.45, 2.75) is 6.92 Å². The lowest BCUT2D eigenvalue weighted by Crippen LogP contribution is -2.05. The fourth-order valence-electron chi connectivity index (χ4n) is 3.26. The number of aromatic nitrogens is 5. The summed E-state index contributed by atoms with van der Waals surface area (Å²) in [5.41, 5.74) is 1.49. The first kappa shape index (κ1) is 22.3. The molecule has 0 saturated heterocycles. The number of fused-ring (bicyclic) bond motifs is 1. The zero-order valence-corrected chi connectivity index (χ0v) is 19.2. The van der Waals surface area contributed by atoms with Crippen molar-refractivity contribution >= 4 is 27.1 Å². The van der Waals surface area contributed by atoms with E-state index in [0.717, 1.165) is 6.26 Å². The molecular weight excluding hydrogens is 448 g/mol. The van der Waals surface area contributed by atoms with E-state index in [1.807, 2.05) is 6.92 Å². The third-order valence-corrected chi connectivity index (χ3v) is 5.01. The molecule has 0 aliphatic rings. The Kier molecular flexibility index (Phi) is 6.01. The molecule has 12 heteroatoms. The second-order valence-corrected chi connectivity index (χ2v) is 8.42. The van der Waals surface area contributed by atoms with E-state index < -0.39 is 10.0 Å². The SMILES string of the molecule is CCOc1cccc(-c2nc3ncc([N-]S(C)(=O)=O)nc3n2-c2c(OC)cccc2OC)n1. The Hall–Kier alpha value is -3.93. The average molecular weight is 470 g/mol. The van der Waals surface area contributed by atoms with Crippen molar-refractivity contribution < 1.29 is 22.6 Å². The van der Waals surface area contributed by atoms with Gasteiger partial charge in [-0.05, 0) is 30.9 Å². The zero-order valence-electron chi connectivity index (χ0n) is 18.4. The van der Waals surface area contributed by atoms with Gasteiger partial charge in [0.05, 0.1) is 26.5 Å². The fourth-order valence-corrected chi connectivity index (χ4v) is 3.69. The monoisotopic (exact) mass is 469 g/mol. The Balaban J connectivity index is 2.06. The summed E-state index contributed by atoms with van der Waals surface area (Å²) in [5, 5.41) is 0. The highest BCUT2D eigenvalue weighted by Gasteiger charge is 2.22. The first-order chi connectivity index (χ1) is 15.8. The van der Waals surface area contributed by atoms with E-state index in [-0.39, 0.29) is 17.1 Å². The standard InChI is InChI=1S/C21H21N6O5S/c1-5-32-17-11-6-8-13(23-17)20-25-19-21(24-16(12-22-19)26-33(4,28)29)27(20)18-14(30-2)9-7-10-15(18)31-3/h6-12H,5H2,1-4H3/q-1. The molecule has 33 heavy (non-hydrogen) atoms. The molecule has 0 unspecified atom stereocenters. The van der Waals surface area contributed by atoms with Crippen molar-refractivity contribution in [2.75, 3.05) is 27.1 Å². The van der Waals surface area contributed by atoms with Crippen molar-refractivity contribution in [3.05, 3.63) is 47.3 Å². The molecule has 3 heterocycles. The molecule has 0 N–H and O–H groups in total. The van der Waals surface area contributed by atoms with Gasteiger partial charge in [0.2, 0.25) is 5.88 Å². The normalized spacial score (nSPS) is 11.4. The lowest BCUT2D eigenvalue weighted by Gasteiger charge is -2.18. The number of sulfonamides is 1. The Morgan fingerprint density at radius 2 is 1.70 bits per heavy atom. The van der Waals surface area contributed by atoms with E-state index in [1.165, 1.54) is 20.4 Å². The molecule has 0 radical (unpaired) electrons. The van der Waals surface area contributed by atoms with Gasteiger partial charge in [0, 0.05) is 18.5 Å². The molecule has 0 amide bonds. The molecular formula is C21H21N6O5S-. The average Bonchev–Trinajstić information content (AvgIpc) is 3.16. The lowest BCUT2D eigenvalue weighted by atomic mass is 10.2. The molecule has 0 saturated carbocycles. The largest absolute Gasteiger partial charge is 0.494 e. The van der Waals surface area contributed by atoms with E-state index in [9.17, 15) is 8.42 Å². The zero-order chi connectivity index (χ0) is 23.6. The van der Waals surface area contributed by atoms with Crippen LogP contribution in [0.5, 0.6) is 17.4 Å². The smallest absolute Gasteiger partial charge is 0.213 e. The van der Waals surface area contributed by atoms with Crippen LogP contribution < -0.4 is 14.2 Å². The van der Waals surface area contributed by atoms with E-state index in [1.54, 1.807) is 41.0 Å². The molecule has 0 atom stereocenters. The predicted molar refractivity (Wildman–Crippen MR) is 122 cm³/mol. The van der Waals surface area contributed by atoms with Crippen molar-refractivity contribution in [3.63, 3.8) is 0 Å². The molecule has 0 aliphatic carbocycles. The van der Waals surface area contributed by atoms with Crippen LogP contribution in [0.2, 0.25) is 0 Å². The highest BCUT2D eigenvalue weighted by Crippen LogP contribution is 2.38. The van der Waals surface area contributed by atoms with Gasteiger partial charge in [-0.15, -0.1) is 0 Å². The summed E-state index contributed by atoms with van der Waals surface area (Å²) in [6, 6.07) is 10.6. The summed E-state index contributed by atoms with van der Waals surface area (Å²) in [7, 11) is -0.634. The van der Waals surface area contributed by atoms with Crippen LogP contribution in [0.3, 0.4) is 0 Å². The van der Waals surface area contributed by atoms with Crippen LogP contribution in [-0.2, 0) is 10.0 Å². The van der Waals surface area contributed by atoms with Crippen molar-refractivity contribution in [2.24, 2.45) is 0 Å². The molecule has 1 aromatic carbocycles. The second kappa shape index (κ2) is 8.90.